The molecule has 7 heteroatoms. The van der Waals surface area contributed by atoms with Crippen LogP contribution in [0.25, 0.3) is 0 Å². The van der Waals surface area contributed by atoms with Crippen molar-refractivity contribution in [1.82, 2.24) is 0 Å². The van der Waals surface area contributed by atoms with E-state index < -0.39 is 23.9 Å². The molecule has 0 aromatic heterocycles. The van der Waals surface area contributed by atoms with Gasteiger partial charge >= 0.3 is 6.18 Å². The Labute approximate surface area is 108 Å². The molecule has 0 aliphatic heterocycles. The van der Waals surface area contributed by atoms with Gasteiger partial charge in [0, 0.05) is 5.02 Å². The van der Waals surface area contributed by atoms with Crippen molar-refractivity contribution < 1.29 is 18.3 Å². The van der Waals surface area contributed by atoms with Crippen LogP contribution in [-0.2, 0) is 6.18 Å². The minimum atomic E-state index is -4.45. The number of benzene rings is 1. The molecular formula is C10H12Cl2F3NO. The third-order valence-electron chi connectivity index (χ3n) is 2.20. The fraction of sp³-hybridized carbons (Fsp3) is 0.400. The first-order valence-corrected chi connectivity index (χ1v) is 4.91. The maximum atomic E-state index is 12.4. The fourth-order valence-corrected chi connectivity index (χ4v) is 1.48. The van der Waals surface area contributed by atoms with Crippen LogP contribution in [0.4, 0.5) is 13.2 Å². The van der Waals surface area contributed by atoms with Gasteiger partial charge in [-0.25, -0.2) is 0 Å². The van der Waals surface area contributed by atoms with Gasteiger partial charge in [-0.3, -0.25) is 0 Å². The Morgan fingerprint density at radius 1 is 1.35 bits per heavy atom. The first kappa shape index (κ1) is 16.5. The van der Waals surface area contributed by atoms with E-state index in [4.69, 9.17) is 17.3 Å². The lowest BCUT2D eigenvalue weighted by atomic mass is 10.0. The average molecular weight is 290 g/mol. The second-order valence-electron chi connectivity index (χ2n) is 3.50. The van der Waals surface area contributed by atoms with Gasteiger partial charge in [-0.05, 0) is 30.7 Å². The predicted molar refractivity (Wildman–Crippen MR) is 62.3 cm³/mol. The van der Waals surface area contributed by atoms with Crippen molar-refractivity contribution >= 4 is 24.0 Å². The second kappa shape index (κ2) is 5.91. The molecule has 0 saturated heterocycles. The summed E-state index contributed by atoms with van der Waals surface area (Å²) in [6.45, 7) is 1.39. The van der Waals surface area contributed by atoms with Crippen LogP contribution in [0.5, 0.6) is 0 Å². The third-order valence-corrected chi connectivity index (χ3v) is 2.55. The van der Waals surface area contributed by atoms with E-state index in [0.29, 0.717) is 0 Å². The van der Waals surface area contributed by atoms with E-state index in [-0.39, 0.29) is 23.0 Å². The largest absolute Gasteiger partial charge is 0.416 e. The number of aliphatic hydroxyl groups excluding tert-OH is 1. The molecule has 1 aromatic rings. The van der Waals surface area contributed by atoms with Crippen LogP contribution in [0.15, 0.2) is 18.2 Å². The molecule has 0 amide bonds. The second-order valence-corrected chi connectivity index (χ2v) is 3.91. The molecule has 2 atom stereocenters. The van der Waals surface area contributed by atoms with Crippen molar-refractivity contribution in [2.24, 2.45) is 5.73 Å². The fourth-order valence-electron chi connectivity index (χ4n) is 1.24. The highest BCUT2D eigenvalue weighted by molar-refractivity contribution is 6.31. The maximum absolute atomic E-state index is 12.4. The minimum absolute atomic E-state index is 0. The highest BCUT2D eigenvalue weighted by Gasteiger charge is 2.31. The van der Waals surface area contributed by atoms with Gasteiger partial charge in [-0.15, -0.1) is 12.4 Å². The number of hydrogen-bond acceptors (Lipinski definition) is 2. The molecule has 0 aliphatic rings. The summed E-state index contributed by atoms with van der Waals surface area (Å²) in [4.78, 5) is 0. The Hall–Kier alpha value is -0.490. The first-order valence-electron chi connectivity index (χ1n) is 4.53. The highest BCUT2D eigenvalue weighted by Crippen LogP contribution is 2.33. The Balaban J connectivity index is 0.00000256. The predicted octanol–water partition coefficient (Wildman–Crippen LogP) is 3.16. The van der Waals surface area contributed by atoms with Gasteiger partial charge < -0.3 is 10.8 Å². The summed E-state index contributed by atoms with van der Waals surface area (Å²) in [5.41, 5.74) is 4.81. The van der Waals surface area contributed by atoms with Crippen molar-refractivity contribution in [2.75, 3.05) is 0 Å². The molecule has 17 heavy (non-hydrogen) atoms. The Morgan fingerprint density at radius 3 is 2.29 bits per heavy atom. The molecule has 1 rings (SSSR count). The molecule has 0 radical (unpaired) electrons. The van der Waals surface area contributed by atoms with E-state index in [2.05, 4.69) is 0 Å². The number of alkyl halides is 3. The van der Waals surface area contributed by atoms with E-state index >= 15 is 0 Å². The lowest BCUT2D eigenvalue weighted by Gasteiger charge is -2.18. The molecule has 0 fully saturated rings. The molecule has 0 heterocycles. The van der Waals surface area contributed by atoms with Crippen LogP contribution in [0.1, 0.15) is 24.1 Å². The van der Waals surface area contributed by atoms with Gasteiger partial charge in [-0.1, -0.05) is 11.6 Å². The SMILES string of the molecule is C[C@H](O)[C@H](N)c1cc(C(F)(F)F)ccc1Cl.Cl. The van der Waals surface area contributed by atoms with Gasteiger partial charge in [0.25, 0.3) is 0 Å². The van der Waals surface area contributed by atoms with Crippen LogP contribution >= 0.6 is 24.0 Å². The summed E-state index contributed by atoms with van der Waals surface area (Å²) in [6, 6.07) is 1.93. The lowest BCUT2D eigenvalue weighted by Crippen LogP contribution is -2.24. The number of aliphatic hydroxyl groups is 1. The Kier molecular flexibility index (Phi) is 5.74. The standard InChI is InChI=1S/C10H11ClF3NO.ClH/c1-5(16)9(15)7-4-6(10(12,13)14)2-3-8(7)11;/h2-5,9,16H,15H2,1H3;1H/t5-,9-;/m0./s1. The van der Waals surface area contributed by atoms with Gasteiger partial charge in [0.15, 0.2) is 0 Å². The van der Waals surface area contributed by atoms with Gasteiger partial charge in [0.2, 0.25) is 0 Å². The summed E-state index contributed by atoms with van der Waals surface area (Å²) < 4.78 is 37.3. The van der Waals surface area contributed by atoms with Crippen LogP contribution < -0.4 is 5.73 Å². The molecule has 98 valence electrons. The lowest BCUT2D eigenvalue weighted by molar-refractivity contribution is -0.137. The zero-order chi connectivity index (χ0) is 12.5. The van der Waals surface area contributed by atoms with E-state index in [0.717, 1.165) is 18.2 Å². The number of nitrogens with two attached hydrogens (primary N) is 1. The summed E-state index contributed by atoms with van der Waals surface area (Å²) in [5, 5.41) is 9.34. The molecule has 0 bridgehead atoms. The quantitative estimate of drug-likeness (QED) is 0.878. The molecule has 2 nitrogen and oxygen atoms in total. The summed E-state index contributed by atoms with van der Waals surface area (Å²) in [7, 11) is 0. The topological polar surface area (TPSA) is 46.2 Å². The van der Waals surface area contributed by atoms with Crippen molar-refractivity contribution in [1.29, 1.82) is 0 Å². The Morgan fingerprint density at radius 2 is 1.88 bits per heavy atom. The van der Waals surface area contributed by atoms with E-state index in [1.165, 1.54) is 6.92 Å². The van der Waals surface area contributed by atoms with Gasteiger partial charge in [-0.2, -0.15) is 13.2 Å². The summed E-state index contributed by atoms with van der Waals surface area (Å²) >= 11 is 5.73. The summed E-state index contributed by atoms with van der Waals surface area (Å²) in [6.07, 6.45) is -5.42. The zero-order valence-corrected chi connectivity index (χ0v) is 10.4. The first-order chi connectivity index (χ1) is 7.23. The van der Waals surface area contributed by atoms with E-state index in [9.17, 15) is 18.3 Å². The highest BCUT2D eigenvalue weighted by atomic mass is 35.5. The molecular weight excluding hydrogens is 278 g/mol. The zero-order valence-electron chi connectivity index (χ0n) is 8.83. The van der Waals surface area contributed by atoms with Gasteiger partial charge in [0.1, 0.15) is 0 Å². The Bertz CT molecular complexity index is 382. The van der Waals surface area contributed by atoms with Crippen molar-refractivity contribution in [3.63, 3.8) is 0 Å². The normalized spacial score (nSPS) is 15.0. The maximum Gasteiger partial charge on any atom is 0.416 e. The number of hydrogen-bond donors (Lipinski definition) is 2. The molecule has 0 unspecified atom stereocenters. The monoisotopic (exact) mass is 289 g/mol. The summed E-state index contributed by atoms with van der Waals surface area (Å²) in [5.74, 6) is 0. The van der Waals surface area contributed by atoms with Crippen LogP contribution in [0.2, 0.25) is 5.02 Å². The molecule has 1 aromatic carbocycles. The van der Waals surface area contributed by atoms with Crippen LogP contribution in [0, 0.1) is 0 Å². The van der Waals surface area contributed by atoms with E-state index in [1.807, 2.05) is 0 Å². The number of rotatable bonds is 2. The van der Waals surface area contributed by atoms with Crippen molar-refractivity contribution in [3.8, 4) is 0 Å². The third kappa shape index (κ3) is 4.03. The molecule has 0 saturated carbocycles. The average Bonchev–Trinajstić information content (AvgIpc) is 2.15. The van der Waals surface area contributed by atoms with Gasteiger partial charge in [0.05, 0.1) is 17.7 Å². The molecule has 0 spiro atoms. The van der Waals surface area contributed by atoms with Crippen LogP contribution in [0.3, 0.4) is 0 Å². The molecule has 0 aliphatic carbocycles. The van der Waals surface area contributed by atoms with E-state index in [1.54, 1.807) is 0 Å². The minimum Gasteiger partial charge on any atom is -0.391 e. The number of halogens is 5. The smallest absolute Gasteiger partial charge is 0.391 e. The van der Waals surface area contributed by atoms with Crippen molar-refractivity contribution in [3.05, 3.63) is 34.3 Å². The molecule has 3 N–H and O–H groups in total. The van der Waals surface area contributed by atoms with Crippen molar-refractivity contribution in [2.45, 2.75) is 25.2 Å². The van der Waals surface area contributed by atoms with Crippen LogP contribution in [-0.4, -0.2) is 11.2 Å².